The maximum absolute atomic E-state index is 12.0. The van der Waals surface area contributed by atoms with Gasteiger partial charge in [-0.3, -0.25) is 4.79 Å². The first kappa shape index (κ1) is 17.2. The molecule has 0 saturated heterocycles. The Labute approximate surface area is 141 Å². The van der Waals surface area contributed by atoms with Crippen LogP contribution in [-0.2, 0) is 4.79 Å². The Bertz CT molecular complexity index is 673. The number of carbonyl (C=O) groups excluding carboxylic acids is 1. The first-order valence-electron chi connectivity index (χ1n) is 7.50. The molecule has 0 aliphatic carbocycles. The van der Waals surface area contributed by atoms with Crippen LogP contribution in [0.1, 0.15) is 18.9 Å². The van der Waals surface area contributed by atoms with Gasteiger partial charge >= 0.3 is 0 Å². The predicted molar refractivity (Wildman–Crippen MR) is 92.5 cm³/mol. The fourth-order valence-corrected chi connectivity index (χ4v) is 2.30. The van der Waals surface area contributed by atoms with Gasteiger partial charge in [0.25, 0.3) is 0 Å². The van der Waals surface area contributed by atoms with Crippen LogP contribution in [0.3, 0.4) is 0 Å². The fourth-order valence-electron chi connectivity index (χ4n) is 2.08. The molecule has 1 N–H and O–H groups in total. The van der Waals surface area contributed by atoms with Crippen molar-refractivity contribution >= 4 is 23.2 Å². The van der Waals surface area contributed by atoms with E-state index in [1.165, 1.54) is 0 Å². The highest BCUT2D eigenvalue weighted by molar-refractivity contribution is 6.30. The average molecular weight is 334 g/mol. The number of para-hydroxylation sites is 2. The van der Waals surface area contributed by atoms with Gasteiger partial charge in [0.05, 0.1) is 19.6 Å². The van der Waals surface area contributed by atoms with Crippen molar-refractivity contribution in [2.75, 3.05) is 18.5 Å². The van der Waals surface area contributed by atoms with Crippen molar-refractivity contribution in [1.29, 1.82) is 0 Å². The van der Waals surface area contributed by atoms with Crippen LogP contribution in [0.4, 0.5) is 5.69 Å². The smallest absolute Gasteiger partial charge is 0.227 e. The van der Waals surface area contributed by atoms with E-state index in [-0.39, 0.29) is 18.9 Å². The van der Waals surface area contributed by atoms with Crippen molar-refractivity contribution < 1.29 is 14.3 Å². The summed E-state index contributed by atoms with van der Waals surface area (Å²) in [6, 6.07) is 12.8. The second kappa shape index (κ2) is 8.44. The SMILES string of the molecule is CCOc1ccccc1OCCC(=O)Nc1ccc(Cl)cc1C. The molecule has 2 aromatic rings. The number of halogens is 1. The van der Waals surface area contributed by atoms with Crippen molar-refractivity contribution in [3.05, 3.63) is 53.1 Å². The highest BCUT2D eigenvalue weighted by atomic mass is 35.5. The van der Waals surface area contributed by atoms with E-state index in [1.54, 1.807) is 12.1 Å². The molecule has 0 saturated carbocycles. The van der Waals surface area contributed by atoms with Gasteiger partial charge in [0.1, 0.15) is 0 Å². The molecule has 0 aliphatic rings. The second-order valence-corrected chi connectivity index (χ2v) is 5.42. The van der Waals surface area contributed by atoms with E-state index in [0.29, 0.717) is 23.1 Å². The highest BCUT2D eigenvalue weighted by Crippen LogP contribution is 2.26. The average Bonchev–Trinajstić information content (AvgIpc) is 2.52. The number of amides is 1. The van der Waals surface area contributed by atoms with E-state index < -0.39 is 0 Å². The van der Waals surface area contributed by atoms with Gasteiger partial charge in [0.15, 0.2) is 11.5 Å². The minimum atomic E-state index is -0.107. The Morgan fingerprint density at radius 2 is 1.83 bits per heavy atom. The molecule has 2 rings (SSSR count). The lowest BCUT2D eigenvalue weighted by Crippen LogP contribution is -2.16. The fraction of sp³-hybridized carbons (Fsp3) is 0.278. The molecule has 0 radical (unpaired) electrons. The van der Waals surface area contributed by atoms with Crippen molar-refractivity contribution in [3.8, 4) is 11.5 Å². The Hall–Kier alpha value is -2.20. The van der Waals surface area contributed by atoms with Crippen LogP contribution in [0.2, 0.25) is 5.02 Å². The molecule has 2 aromatic carbocycles. The van der Waals surface area contributed by atoms with E-state index >= 15 is 0 Å². The monoisotopic (exact) mass is 333 g/mol. The molecule has 0 spiro atoms. The van der Waals surface area contributed by atoms with Crippen molar-refractivity contribution in [2.45, 2.75) is 20.3 Å². The van der Waals surface area contributed by atoms with Crippen LogP contribution >= 0.6 is 11.6 Å². The van der Waals surface area contributed by atoms with Crippen LogP contribution in [0.25, 0.3) is 0 Å². The number of ether oxygens (including phenoxy) is 2. The minimum absolute atomic E-state index is 0.107. The molecule has 0 aromatic heterocycles. The maximum atomic E-state index is 12.0. The summed E-state index contributed by atoms with van der Waals surface area (Å²) in [5, 5.41) is 3.50. The van der Waals surface area contributed by atoms with Crippen LogP contribution in [-0.4, -0.2) is 19.1 Å². The lowest BCUT2D eigenvalue weighted by atomic mass is 10.2. The van der Waals surface area contributed by atoms with Gasteiger partial charge < -0.3 is 14.8 Å². The summed E-state index contributed by atoms with van der Waals surface area (Å²) in [4.78, 5) is 12.0. The zero-order valence-electron chi connectivity index (χ0n) is 13.3. The molecule has 122 valence electrons. The van der Waals surface area contributed by atoms with Crippen LogP contribution in [0, 0.1) is 6.92 Å². The number of carbonyl (C=O) groups is 1. The van der Waals surface area contributed by atoms with Gasteiger partial charge in [-0.2, -0.15) is 0 Å². The summed E-state index contributed by atoms with van der Waals surface area (Å²) in [6.07, 6.45) is 0.253. The number of hydrogen-bond acceptors (Lipinski definition) is 3. The number of nitrogens with one attached hydrogen (secondary N) is 1. The maximum Gasteiger partial charge on any atom is 0.227 e. The van der Waals surface area contributed by atoms with Gasteiger partial charge in [0, 0.05) is 10.7 Å². The summed E-state index contributed by atoms with van der Waals surface area (Å²) >= 11 is 5.90. The number of anilines is 1. The molecule has 0 bridgehead atoms. The van der Waals surface area contributed by atoms with E-state index in [2.05, 4.69) is 5.32 Å². The molecular formula is C18H20ClNO3. The largest absolute Gasteiger partial charge is 0.490 e. The lowest BCUT2D eigenvalue weighted by Gasteiger charge is -2.12. The van der Waals surface area contributed by atoms with E-state index in [4.69, 9.17) is 21.1 Å². The Balaban J connectivity index is 1.85. The molecular weight excluding hydrogens is 314 g/mol. The van der Waals surface area contributed by atoms with Gasteiger partial charge in [0.2, 0.25) is 5.91 Å². The van der Waals surface area contributed by atoms with Crippen molar-refractivity contribution in [1.82, 2.24) is 0 Å². The minimum Gasteiger partial charge on any atom is -0.490 e. The number of hydrogen-bond donors (Lipinski definition) is 1. The molecule has 5 heteroatoms. The number of aryl methyl sites for hydroxylation is 1. The van der Waals surface area contributed by atoms with E-state index in [1.807, 2.05) is 44.2 Å². The summed E-state index contributed by atoms with van der Waals surface area (Å²) < 4.78 is 11.1. The van der Waals surface area contributed by atoms with Gasteiger partial charge in [-0.25, -0.2) is 0 Å². The predicted octanol–water partition coefficient (Wildman–Crippen LogP) is 4.45. The van der Waals surface area contributed by atoms with Gasteiger partial charge in [-0.15, -0.1) is 0 Å². The third kappa shape index (κ3) is 5.18. The molecule has 0 heterocycles. The zero-order chi connectivity index (χ0) is 16.7. The number of rotatable bonds is 7. The topological polar surface area (TPSA) is 47.6 Å². The molecule has 0 aliphatic heterocycles. The zero-order valence-corrected chi connectivity index (χ0v) is 14.0. The standard InChI is InChI=1S/C18H20ClNO3/c1-3-22-16-6-4-5-7-17(16)23-11-10-18(21)20-15-9-8-14(19)12-13(15)2/h4-9,12H,3,10-11H2,1-2H3,(H,20,21). The first-order chi connectivity index (χ1) is 11.1. The first-order valence-corrected chi connectivity index (χ1v) is 7.88. The molecule has 1 amide bonds. The van der Waals surface area contributed by atoms with Crippen LogP contribution in [0.15, 0.2) is 42.5 Å². The van der Waals surface area contributed by atoms with E-state index in [9.17, 15) is 4.79 Å². The van der Waals surface area contributed by atoms with E-state index in [0.717, 1.165) is 11.3 Å². The summed E-state index contributed by atoms with van der Waals surface area (Å²) in [7, 11) is 0. The molecule has 0 atom stereocenters. The Morgan fingerprint density at radius 3 is 2.48 bits per heavy atom. The van der Waals surface area contributed by atoms with Gasteiger partial charge in [-0.1, -0.05) is 23.7 Å². The van der Waals surface area contributed by atoms with Gasteiger partial charge in [-0.05, 0) is 49.7 Å². The van der Waals surface area contributed by atoms with Crippen molar-refractivity contribution in [3.63, 3.8) is 0 Å². The molecule has 0 unspecified atom stereocenters. The van der Waals surface area contributed by atoms with Crippen LogP contribution in [0.5, 0.6) is 11.5 Å². The summed E-state index contributed by atoms with van der Waals surface area (Å²) in [5.74, 6) is 1.22. The van der Waals surface area contributed by atoms with Crippen molar-refractivity contribution in [2.24, 2.45) is 0 Å². The quantitative estimate of drug-likeness (QED) is 0.814. The normalized spacial score (nSPS) is 10.2. The molecule has 4 nitrogen and oxygen atoms in total. The highest BCUT2D eigenvalue weighted by Gasteiger charge is 2.07. The third-order valence-electron chi connectivity index (χ3n) is 3.20. The second-order valence-electron chi connectivity index (χ2n) is 4.99. The summed E-state index contributed by atoms with van der Waals surface area (Å²) in [6.45, 7) is 4.66. The third-order valence-corrected chi connectivity index (χ3v) is 3.43. The Kier molecular flexibility index (Phi) is 6.29. The number of benzene rings is 2. The van der Waals surface area contributed by atoms with Crippen LogP contribution < -0.4 is 14.8 Å². The molecule has 0 fully saturated rings. The lowest BCUT2D eigenvalue weighted by molar-refractivity contribution is -0.116. The molecule has 23 heavy (non-hydrogen) atoms. The Morgan fingerprint density at radius 1 is 1.13 bits per heavy atom. The summed E-state index contributed by atoms with van der Waals surface area (Å²) in [5.41, 5.74) is 1.68.